The van der Waals surface area contributed by atoms with Gasteiger partial charge in [0.2, 0.25) is 0 Å². The van der Waals surface area contributed by atoms with Gasteiger partial charge in [-0.2, -0.15) is 0 Å². The first-order chi connectivity index (χ1) is 3.06. The van der Waals surface area contributed by atoms with Crippen LogP contribution in [-0.2, 0) is 9.53 Å². The van der Waals surface area contributed by atoms with E-state index in [-0.39, 0.29) is 0 Å². The summed E-state index contributed by atoms with van der Waals surface area (Å²) in [6, 6.07) is 0. The van der Waals surface area contributed by atoms with Crippen molar-refractivity contribution >= 4 is 29.7 Å². The topological polar surface area (TPSA) is 26.3 Å². The number of hydrogen-bond donors (Lipinski definition) is 0. The van der Waals surface area contributed by atoms with Crippen molar-refractivity contribution in [2.75, 3.05) is 0 Å². The van der Waals surface area contributed by atoms with Crippen molar-refractivity contribution in [3.8, 4) is 0 Å². The molecule has 0 rings (SSSR count). The fraction of sp³-hybridized carbons (Fsp3) is 0.667. The van der Waals surface area contributed by atoms with E-state index >= 15 is 0 Å². The zero-order valence-electron chi connectivity index (χ0n) is 3.57. The first kappa shape index (κ1) is 7.05. The molecule has 0 aliphatic heterocycles. The molecule has 0 spiro atoms. The summed E-state index contributed by atoms with van der Waals surface area (Å²) in [6.07, 6.45) is 0. The van der Waals surface area contributed by atoms with Crippen molar-refractivity contribution in [3.05, 3.63) is 0 Å². The third-order valence-corrected chi connectivity index (χ3v) is 0.375. The highest BCUT2D eigenvalue weighted by Crippen LogP contribution is 2.18. The highest BCUT2D eigenvalue weighted by molar-refractivity contribution is 6.47. The molecule has 0 aromatic heterocycles. The van der Waals surface area contributed by atoms with Gasteiger partial charge in [0.15, 0.2) is 0 Å². The van der Waals surface area contributed by atoms with Crippen LogP contribution in [0.2, 0.25) is 0 Å². The molecule has 7 heavy (non-hydrogen) atoms. The minimum atomic E-state index is -1.43. The fourth-order valence-electron chi connectivity index (χ4n) is 0.0732. The summed E-state index contributed by atoms with van der Waals surface area (Å²) in [5, 5.41) is 0. The molecule has 2 nitrogen and oxygen atoms in total. The second-order valence-corrected chi connectivity index (χ2v) is 2.63. The third-order valence-electron chi connectivity index (χ3n) is 0.221. The molecular weight excluding hydrogens is 139 g/mol. The second kappa shape index (κ2) is 2.38. The van der Waals surface area contributed by atoms with Crippen LogP contribution in [0.5, 0.6) is 0 Å². The Labute approximate surface area is 51.4 Å². The summed E-state index contributed by atoms with van der Waals surface area (Å²) >= 11 is 10.2. The second-order valence-electron chi connectivity index (χ2n) is 0.993. The Bertz CT molecular complexity index is 65.8. The molecular formula is C3H3Cl2O2. The molecule has 4 heteroatoms. The number of rotatable bonds is 2. The molecule has 0 aliphatic carbocycles. The molecule has 41 valence electrons. The van der Waals surface area contributed by atoms with Gasteiger partial charge in [-0.1, -0.05) is 23.2 Å². The molecule has 0 saturated carbocycles. The summed E-state index contributed by atoms with van der Waals surface area (Å²) in [5.74, 6) is 0. The Kier molecular flexibility index (Phi) is 2.40. The van der Waals surface area contributed by atoms with E-state index in [9.17, 15) is 4.79 Å². The molecule has 0 fully saturated rings. The van der Waals surface area contributed by atoms with Crippen molar-refractivity contribution in [1.29, 1.82) is 0 Å². The van der Waals surface area contributed by atoms with Gasteiger partial charge in [0, 0.05) is 6.92 Å². The van der Waals surface area contributed by atoms with Crippen LogP contribution in [0.1, 0.15) is 6.92 Å². The number of hydrogen-bond acceptors (Lipinski definition) is 2. The molecule has 0 aromatic carbocycles. The lowest BCUT2D eigenvalue weighted by Gasteiger charge is -2.06. The molecule has 0 amide bonds. The Morgan fingerprint density at radius 1 is 1.71 bits per heavy atom. The molecule has 0 atom stereocenters. The maximum absolute atomic E-state index is 9.30. The van der Waals surface area contributed by atoms with Gasteiger partial charge >= 0.3 is 6.47 Å². The van der Waals surface area contributed by atoms with Gasteiger partial charge in [-0.25, -0.2) is 4.79 Å². The van der Waals surface area contributed by atoms with E-state index < -0.39 is 4.52 Å². The van der Waals surface area contributed by atoms with E-state index in [4.69, 9.17) is 23.2 Å². The van der Waals surface area contributed by atoms with E-state index in [0.29, 0.717) is 0 Å². The van der Waals surface area contributed by atoms with Gasteiger partial charge in [-0.3, -0.25) is 0 Å². The lowest BCUT2D eigenvalue weighted by molar-refractivity contribution is 0.229. The van der Waals surface area contributed by atoms with Crippen molar-refractivity contribution in [3.63, 3.8) is 0 Å². The minimum absolute atomic E-state index is 1.09. The lowest BCUT2D eigenvalue weighted by Crippen LogP contribution is -2.09. The maximum Gasteiger partial charge on any atom is 0.420 e. The normalized spacial score (nSPS) is 10.7. The summed E-state index contributed by atoms with van der Waals surface area (Å²) in [5.41, 5.74) is 0. The summed E-state index contributed by atoms with van der Waals surface area (Å²) in [4.78, 5) is 9.30. The van der Waals surface area contributed by atoms with Crippen LogP contribution in [0.15, 0.2) is 0 Å². The first-order valence-electron chi connectivity index (χ1n) is 1.49. The van der Waals surface area contributed by atoms with Crippen LogP contribution in [0.4, 0.5) is 0 Å². The van der Waals surface area contributed by atoms with Crippen LogP contribution >= 0.6 is 23.2 Å². The zero-order valence-corrected chi connectivity index (χ0v) is 5.08. The number of carbonyl (C=O) groups excluding carboxylic acids is 1. The van der Waals surface area contributed by atoms with E-state index in [1.54, 1.807) is 0 Å². The number of ether oxygens (including phenoxy) is 1. The van der Waals surface area contributed by atoms with E-state index in [1.807, 2.05) is 0 Å². The molecule has 0 saturated heterocycles. The van der Waals surface area contributed by atoms with Gasteiger partial charge in [-0.15, -0.1) is 0 Å². The summed E-state index contributed by atoms with van der Waals surface area (Å²) in [6.45, 7) is 2.41. The van der Waals surface area contributed by atoms with Crippen molar-refractivity contribution < 1.29 is 9.53 Å². The average molecular weight is 142 g/mol. The van der Waals surface area contributed by atoms with Crippen LogP contribution in [0.3, 0.4) is 0 Å². The maximum atomic E-state index is 9.30. The van der Waals surface area contributed by atoms with E-state index in [2.05, 4.69) is 4.74 Å². The molecule has 0 aromatic rings. The quantitative estimate of drug-likeness (QED) is 0.541. The lowest BCUT2D eigenvalue weighted by atomic mass is 10.8. The molecule has 0 heterocycles. The Balaban J connectivity index is 3.34. The Morgan fingerprint density at radius 2 is 2.14 bits per heavy atom. The van der Waals surface area contributed by atoms with Crippen molar-refractivity contribution in [2.45, 2.75) is 11.4 Å². The van der Waals surface area contributed by atoms with Crippen LogP contribution in [-0.4, -0.2) is 11.0 Å². The number of alkyl halides is 2. The number of halogens is 2. The van der Waals surface area contributed by atoms with E-state index in [1.165, 1.54) is 6.92 Å². The largest absolute Gasteiger partial charge is 0.421 e. The smallest absolute Gasteiger partial charge is 0.420 e. The van der Waals surface area contributed by atoms with Crippen LogP contribution in [0, 0.1) is 0 Å². The predicted octanol–water partition coefficient (Wildman–Crippen LogP) is 1.22. The van der Waals surface area contributed by atoms with Gasteiger partial charge in [-0.05, 0) is 0 Å². The van der Waals surface area contributed by atoms with Gasteiger partial charge in [0.25, 0.3) is 4.52 Å². The summed E-state index contributed by atoms with van der Waals surface area (Å²) < 4.78 is 2.53. The minimum Gasteiger partial charge on any atom is -0.421 e. The SMILES string of the molecule is CC(Cl)(Cl)O[C]=O. The standard InChI is InChI=1S/C3H3Cl2O2/c1-3(4,5)7-2-6/h1H3. The molecule has 1 radical (unpaired) electrons. The summed E-state index contributed by atoms with van der Waals surface area (Å²) in [7, 11) is 0. The zero-order chi connectivity index (χ0) is 5.91. The van der Waals surface area contributed by atoms with Crippen molar-refractivity contribution in [1.82, 2.24) is 0 Å². The van der Waals surface area contributed by atoms with Gasteiger partial charge in [0.05, 0.1) is 0 Å². The molecule has 0 aliphatic rings. The highest BCUT2D eigenvalue weighted by atomic mass is 35.5. The molecule has 0 bridgehead atoms. The molecule has 0 N–H and O–H groups in total. The monoisotopic (exact) mass is 141 g/mol. The van der Waals surface area contributed by atoms with Gasteiger partial charge in [0.1, 0.15) is 0 Å². The Morgan fingerprint density at radius 3 is 2.14 bits per heavy atom. The third kappa shape index (κ3) is 6.05. The average Bonchev–Trinajstić information content (AvgIpc) is 1.30. The van der Waals surface area contributed by atoms with Gasteiger partial charge < -0.3 is 4.74 Å². The molecule has 0 unspecified atom stereocenters. The Hall–Kier alpha value is 0.0500. The highest BCUT2D eigenvalue weighted by Gasteiger charge is 2.15. The van der Waals surface area contributed by atoms with Crippen molar-refractivity contribution in [2.24, 2.45) is 0 Å². The predicted molar refractivity (Wildman–Crippen MR) is 26.9 cm³/mol. The fourth-order valence-corrected chi connectivity index (χ4v) is 0.136. The van der Waals surface area contributed by atoms with Crippen LogP contribution in [0.25, 0.3) is 0 Å². The van der Waals surface area contributed by atoms with E-state index in [0.717, 1.165) is 6.47 Å². The van der Waals surface area contributed by atoms with Crippen LogP contribution < -0.4 is 0 Å². The first-order valence-corrected chi connectivity index (χ1v) is 2.25.